The van der Waals surface area contributed by atoms with Crippen molar-refractivity contribution in [2.24, 2.45) is 0 Å². The molecule has 1 amide bonds. The van der Waals surface area contributed by atoms with E-state index in [9.17, 15) is 14.4 Å². The molecule has 0 aromatic carbocycles. The fraction of sp³-hybridized carbons (Fsp3) is 0.667. The van der Waals surface area contributed by atoms with Crippen molar-refractivity contribution in [3.63, 3.8) is 0 Å². The molecular formula is C12H18N2O5. The smallest absolute Gasteiger partial charge is 0.346 e. The number of nitrogens with zero attached hydrogens (tertiary/aromatic N) is 1. The Morgan fingerprint density at radius 1 is 1.21 bits per heavy atom. The molecule has 7 nitrogen and oxygen atoms in total. The molecule has 106 valence electrons. The molecule has 0 rings (SSSR count). The Balaban J connectivity index is 4.93. The molecular weight excluding hydrogens is 252 g/mol. The Morgan fingerprint density at radius 2 is 1.79 bits per heavy atom. The summed E-state index contributed by atoms with van der Waals surface area (Å²) in [6.07, 6.45) is -0.360. The summed E-state index contributed by atoms with van der Waals surface area (Å²) in [5.74, 6) is -1.98. The normalized spacial score (nSPS) is 12.7. The van der Waals surface area contributed by atoms with Gasteiger partial charge in [-0.2, -0.15) is 5.26 Å². The summed E-state index contributed by atoms with van der Waals surface area (Å²) in [7, 11) is 0. The van der Waals surface area contributed by atoms with Gasteiger partial charge < -0.3 is 14.8 Å². The molecule has 0 bridgehead atoms. The molecule has 0 saturated carbocycles. The van der Waals surface area contributed by atoms with Crippen LogP contribution in [0.15, 0.2) is 0 Å². The average molecular weight is 270 g/mol. The van der Waals surface area contributed by atoms with E-state index in [1.165, 1.54) is 6.92 Å². The number of rotatable bonds is 7. The molecule has 0 aliphatic rings. The van der Waals surface area contributed by atoms with Crippen LogP contribution in [0.1, 0.15) is 33.6 Å². The molecule has 0 saturated heterocycles. The first-order valence-corrected chi connectivity index (χ1v) is 5.94. The Labute approximate surface area is 111 Å². The minimum absolute atomic E-state index is 0.0707. The second-order valence-electron chi connectivity index (χ2n) is 3.72. The van der Waals surface area contributed by atoms with Crippen LogP contribution in [-0.4, -0.2) is 36.6 Å². The van der Waals surface area contributed by atoms with Gasteiger partial charge in [-0.15, -0.1) is 0 Å². The second kappa shape index (κ2) is 8.08. The molecule has 0 aromatic rings. The Kier molecular flexibility index (Phi) is 7.19. The lowest BCUT2D eigenvalue weighted by Crippen LogP contribution is -2.54. The summed E-state index contributed by atoms with van der Waals surface area (Å²) in [6.45, 7) is 4.68. The van der Waals surface area contributed by atoms with Crippen LogP contribution in [0.25, 0.3) is 0 Å². The minimum atomic E-state index is -1.85. The third-order valence-corrected chi connectivity index (χ3v) is 2.21. The first-order chi connectivity index (χ1) is 8.91. The summed E-state index contributed by atoms with van der Waals surface area (Å²) in [5, 5.41) is 11.4. The van der Waals surface area contributed by atoms with Gasteiger partial charge in [0.25, 0.3) is 0 Å². The Morgan fingerprint density at radius 3 is 2.21 bits per heavy atom. The summed E-state index contributed by atoms with van der Waals surface area (Å²) in [5.41, 5.74) is -1.85. The van der Waals surface area contributed by atoms with Crippen LogP contribution < -0.4 is 5.32 Å². The van der Waals surface area contributed by atoms with Gasteiger partial charge in [-0.25, -0.2) is 4.79 Å². The maximum absolute atomic E-state index is 11.8. The molecule has 0 aromatic heterocycles. The number of amides is 1. The molecule has 1 atom stereocenters. The third kappa shape index (κ3) is 5.38. The third-order valence-electron chi connectivity index (χ3n) is 2.21. The SMILES string of the molecule is CCOC(=O)CC[C@@](C#N)(NC(C)=O)C(=O)OCC. The molecule has 0 aliphatic carbocycles. The summed E-state index contributed by atoms with van der Waals surface area (Å²) in [6, 6.07) is 1.71. The predicted molar refractivity (Wildman–Crippen MR) is 64.7 cm³/mol. The number of carbonyl (C=O) groups is 3. The van der Waals surface area contributed by atoms with Crippen molar-refractivity contribution >= 4 is 17.8 Å². The molecule has 19 heavy (non-hydrogen) atoms. The van der Waals surface area contributed by atoms with Gasteiger partial charge in [0.15, 0.2) is 0 Å². The maximum Gasteiger partial charge on any atom is 0.346 e. The monoisotopic (exact) mass is 270 g/mol. The van der Waals surface area contributed by atoms with Gasteiger partial charge >= 0.3 is 11.9 Å². The Hall–Kier alpha value is -2.10. The predicted octanol–water partition coefficient (Wildman–Crippen LogP) is 0.291. The van der Waals surface area contributed by atoms with Gasteiger partial charge in [-0.1, -0.05) is 0 Å². The van der Waals surface area contributed by atoms with Gasteiger partial charge in [0, 0.05) is 19.8 Å². The highest BCUT2D eigenvalue weighted by Gasteiger charge is 2.41. The van der Waals surface area contributed by atoms with E-state index in [0.717, 1.165) is 0 Å². The standard InChI is InChI=1S/C12H18N2O5/c1-4-18-10(16)6-7-12(8-13,14-9(3)15)11(17)19-5-2/h4-7H2,1-3H3,(H,14,15)/t12-/m0/s1. The zero-order chi connectivity index (χ0) is 14.9. The van der Waals surface area contributed by atoms with Crippen LogP contribution in [0.5, 0.6) is 0 Å². The zero-order valence-electron chi connectivity index (χ0n) is 11.3. The molecule has 0 unspecified atom stereocenters. The number of carbonyl (C=O) groups excluding carboxylic acids is 3. The van der Waals surface area contributed by atoms with Gasteiger partial charge in [0.05, 0.1) is 13.2 Å². The summed E-state index contributed by atoms with van der Waals surface area (Å²) in [4.78, 5) is 34.2. The largest absolute Gasteiger partial charge is 0.466 e. The number of ether oxygens (including phenoxy) is 2. The fourth-order valence-corrected chi connectivity index (χ4v) is 1.42. The number of esters is 2. The van der Waals surface area contributed by atoms with E-state index >= 15 is 0 Å². The van der Waals surface area contributed by atoms with Crippen molar-refractivity contribution in [2.45, 2.75) is 39.2 Å². The number of hydrogen-bond donors (Lipinski definition) is 1. The van der Waals surface area contributed by atoms with Crippen LogP contribution >= 0.6 is 0 Å². The number of hydrogen-bond acceptors (Lipinski definition) is 6. The highest BCUT2D eigenvalue weighted by molar-refractivity contribution is 5.90. The topological polar surface area (TPSA) is 105 Å². The fourth-order valence-electron chi connectivity index (χ4n) is 1.42. The van der Waals surface area contributed by atoms with Gasteiger partial charge in [0.1, 0.15) is 6.07 Å². The van der Waals surface area contributed by atoms with Crippen molar-refractivity contribution in [2.75, 3.05) is 13.2 Å². The van der Waals surface area contributed by atoms with Crippen molar-refractivity contribution in [3.05, 3.63) is 0 Å². The van der Waals surface area contributed by atoms with Gasteiger partial charge in [-0.05, 0) is 13.8 Å². The van der Waals surface area contributed by atoms with Crippen molar-refractivity contribution in [3.8, 4) is 6.07 Å². The number of nitriles is 1. The first-order valence-electron chi connectivity index (χ1n) is 5.94. The minimum Gasteiger partial charge on any atom is -0.466 e. The van der Waals surface area contributed by atoms with E-state index in [0.29, 0.717) is 0 Å². The molecule has 0 spiro atoms. The van der Waals surface area contributed by atoms with E-state index in [4.69, 9.17) is 14.7 Å². The van der Waals surface area contributed by atoms with E-state index in [2.05, 4.69) is 5.32 Å². The zero-order valence-corrected chi connectivity index (χ0v) is 11.3. The highest BCUT2D eigenvalue weighted by atomic mass is 16.5. The van der Waals surface area contributed by atoms with Crippen LogP contribution in [0, 0.1) is 11.3 Å². The quantitative estimate of drug-likeness (QED) is 0.666. The molecule has 0 fully saturated rings. The van der Waals surface area contributed by atoms with Gasteiger partial charge in [0.2, 0.25) is 11.4 Å². The second-order valence-corrected chi connectivity index (χ2v) is 3.72. The molecule has 0 radical (unpaired) electrons. The van der Waals surface area contributed by atoms with Crippen LogP contribution in [-0.2, 0) is 23.9 Å². The Bertz CT molecular complexity index is 388. The average Bonchev–Trinajstić information content (AvgIpc) is 2.34. The van der Waals surface area contributed by atoms with Crippen LogP contribution in [0.3, 0.4) is 0 Å². The van der Waals surface area contributed by atoms with Crippen molar-refractivity contribution in [1.82, 2.24) is 5.32 Å². The molecule has 0 heterocycles. The lowest BCUT2D eigenvalue weighted by molar-refractivity contribution is -0.151. The maximum atomic E-state index is 11.8. The van der Waals surface area contributed by atoms with E-state index in [-0.39, 0.29) is 26.1 Å². The summed E-state index contributed by atoms with van der Waals surface area (Å²) >= 11 is 0. The van der Waals surface area contributed by atoms with Gasteiger partial charge in [-0.3, -0.25) is 9.59 Å². The van der Waals surface area contributed by atoms with Crippen molar-refractivity contribution < 1.29 is 23.9 Å². The van der Waals surface area contributed by atoms with E-state index < -0.39 is 23.4 Å². The molecule has 7 heteroatoms. The lowest BCUT2D eigenvalue weighted by Gasteiger charge is -2.24. The van der Waals surface area contributed by atoms with E-state index in [1.807, 2.05) is 0 Å². The highest BCUT2D eigenvalue weighted by Crippen LogP contribution is 2.15. The lowest BCUT2D eigenvalue weighted by atomic mass is 9.95. The molecule has 0 aliphatic heterocycles. The van der Waals surface area contributed by atoms with Crippen molar-refractivity contribution in [1.29, 1.82) is 5.26 Å². The van der Waals surface area contributed by atoms with Crippen LogP contribution in [0.2, 0.25) is 0 Å². The molecule has 1 N–H and O–H groups in total. The summed E-state index contributed by atoms with van der Waals surface area (Å²) < 4.78 is 9.48. The number of nitrogens with one attached hydrogen (secondary N) is 1. The first kappa shape index (κ1) is 16.9. The van der Waals surface area contributed by atoms with E-state index in [1.54, 1.807) is 19.9 Å². The van der Waals surface area contributed by atoms with Crippen LogP contribution in [0.4, 0.5) is 0 Å².